The molecule has 3 aliphatic rings. The molecule has 37 heavy (non-hydrogen) atoms. The fourth-order valence-corrected chi connectivity index (χ4v) is 5.96. The summed E-state index contributed by atoms with van der Waals surface area (Å²) in [5.41, 5.74) is 1.22. The van der Waals surface area contributed by atoms with E-state index in [9.17, 15) is 19.2 Å². The van der Waals surface area contributed by atoms with Gasteiger partial charge in [-0.1, -0.05) is 39.3 Å². The zero-order valence-corrected chi connectivity index (χ0v) is 23.5. The van der Waals surface area contributed by atoms with Crippen LogP contribution >= 0.6 is 0 Å². The second-order valence-electron chi connectivity index (χ2n) is 12.0. The van der Waals surface area contributed by atoms with Crippen LogP contribution in [0.3, 0.4) is 0 Å². The van der Waals surface area contributed by atoms with Crippen molar-refractivity contribution in [1.82, 2.24) is 4.90 Å². The van der Waals surface area contributed by atoms with Crippen LogP contribution < -0.4 is 0 Å². The zero-order chi connectivity index (χ0) is 27.1. The maximum Gasteiger partial charge on any atom is 0.328 e. The third-order valence-electron chi connectivity index (χ3n) is 8.39. The highest BCUT2D eigenvalue weighted by molar-refractivity contribution is 6.38. The highest BCUT2D eigenvalue weighted by Crippen LogP contribution is 2.31. The van der Waals surface area contributed by atoms with E-state index in [-0.39, 0.29) is 36.2 Å². The molecule has 0 aromatic carbocycles. The van der Waals surface area contributed by atoms with Crippen LogP contribution in [0.4, 0.5) is 0 Å². The Morgan fingerprint density at radius 1 is 0.865 bits per heavy atom. The number of ketones is 2. The highest BCUT2D eigenvalue weighted by atomic mass is 16.5. The van der Waals surface area contributed by atoms with Crippen LogP contribution in [0, 0.1) is 23.7 Å². The van der Waals surface area contributed by atoms with E-state index in [2.05, 4.69) is 19.9 Å². The molecule has 0 saturated carbocycles. The normalized spacial score (nSPS) is 36.2. The molecule has 2 fully saturated rings. The number of allylic oxidation sites excluding steroid dienone is 2. The number of hydrogen-bond donors (Lipinski definition) is 0. The Morgan fingerprint density at radius 2 is 1.59 bits per heavy atom. The molecular weight excluding hydrogens is 470 g/mol. The van der Waals surface area contributed by atoms with Gasteiger partial charge in [0, 0.05) is 18.9 Å². The molecule has 0 spiro atoms. The molecule has 208 valence electrons. The van der Waals surface area contributed by atoms with Crippen LogP contribution in [0.25, 0.3) is 0 Å². The first-order chi connectivity index (χ1) is 17.6. The molecule has 3 aliphatic heterocycles. The van der Waals surface area contributed by atoms with E-state index in [4.69, 9.17) is 9.47 Å². The van der Waals surface area contributed by atoms with Crippen molar-refractivity contribution >= 4 is 23.4 Å². The van der Waals surface area contributed by atoms with Crippen molar-refractivity contribution in [2.75, 3.05) is 13.2 Å². The zero-order valence-electron chi connectivity index (χ0n) is 23.5. The standard InChI is InChI=1S/C30H47NO6/c1-19-9-12-24-13-11-22(4)28(37-24)27(33)29(34)31-15-7-6-8-25(31)30(35)36-18-20(2)10-14-26(32)23(5)17-21(3)16-19/h17,19-20,22-25,28H,6-16,18H2,1-5H3. The minimum Gasteiger partial charge on any atom is -0.464 e. The van der Waals surface area contributed by atoms with Crippen molar-refractivity contribution in [1.29, 1.82) is 0 Å². The fourth-order valence-electron chi connectivity index (χ4n) is 5.96. The summed E-state index contributed by atoms with van der Waals surface area (Å²) >= 11 is 0. The second kappa shape index (κ2) is 13.7. The van der Waals surface area contributed by atoms with Crippen molar-refractivity contribution in [2.45, 2.75) is 117 Å². The molecule has 7 nitrogen and oxygen atoms in total. The van der Waals surface area contributed by atoms with Gasteiger partial charge in [0.1, 0.15) is 17.9 Å². The molecule has 0 N–H and O–H groups in total. The lowest BCUT2D eigenvalue weighted by Crippen LogP contribution is -2.54. The Hall–Kier alpha value is -2.02. The maximum absolute atomic E-state index is 13.4. The Balaban J connectivity index is 1.79. The Labute approximate surface area is 222 Å². The number of nitrogens with zero attached hydrogens (tertiary/aromatic N) is 1. The van der Waals surface area contributed by atoms with Gasteiger partial charge in [-0.05, 0) is 82.5 Å². The quantitative estimate of drug-likeness (QED) is 0.254. The van der Waals surface area contributed by atoms with Gasteiger partial charge in [0.25, 0.3) is 5.91 Å². The van der Waals surface area contributed by atoms with Gasteiger partial charge < -0.3 is 14.4 Å². The predicted molar refractivity (Wildman–Crippen MR) is 142 cm³/mol. The number of carbonyl (C=O) groups is 4. The summed E-state index contributed by atoms with van der Waals surface area (Å²) in [6, 6.07) is -0.739. The van der Waals surface area contributed by atoms with E-state index in [1.54, 1.807) is 0 Å². The van der Waals surface area contributed by atoms with E-state index < -0.39 is 29.8 Å². The van der Waals surface area contributed by atoms with Crippen LogP contribution in [0.1, 0.15) is 98.8 Å². The summed E-state index contributed by atoms with van der Waals surface area (Å²) in [6.45, 7) is 10.8. The molecule has 0 aromatic rings. The summed E-state index contributed by atoms with van der Waals surface area (Å²) in [4.78, 5) is 53.8. The van der Waals surface area contributed by atoms with Crippen molar-refractivity contribution in [2.24, 2.45) is 23.7 Å². The SMILES string of the molecule is CC1=CC(C)C(=O)CCC(C)COC(=O)C2CCCCN2C(=O)C(=O)C2OC(CCC(C)C1)CCC2C. The van der Waals surface area contributed by atoms with Gasteiger partial charge in [0.05, 0.1) is 12.7 Å². The number of carbonyl (C=O) groups excluding carboxylic acids is 4. The molecule has 1 amide bonds. The summed E-state index contributed by atoms with van der Waals surface area (Å²) in [7, 11) is 0. The van der Waals surface area contributed by atoms with Gasteiger partial charge >= 0.3 is 5.97 Å². The monoisotopic (exact) mass is 517 g/mol. The lowest BCUT2D eigenvalue weighted by atomic mass is 9.87. The number of esters is 1. The number of rotatable bonds is 0. The number of fused-ring (bicyclic) bond motifs is 3. The minimum absolute atomic E-state index is 0.0297. The molecule has 0 aromatic heterocycles. The van der Waals surface area contributed by atoms with E-state index >= 15 is 0 Å². The van der Waals surface area contributed by atoms with E-state index in [1.165, 1.54) is 10.5 Å². The predicted octanol–water partition coefficient (Wildman–Crippen LogP) is 5.05. The van der Waals surface area contributed by atoms with E-state index in [1.807, 2.05) is 20.8 Å². The number of cyclic esters (lactones) is 1. The Kier molecular flexibility index (Phi) is 10.9. The highest BCUT2D eigenvalue weighted by Gasteiger charge is 2.42. The first-order valence-electron chi connectivity index (χ1n) is 14.4. The Bertz CT molecular complexity index is 866. The Morgan fingerprint density at radius 3 is 2.35 bits per heavy atom. The van der Waals surface area contributed by atoms with Gasteiger partial charge in [-0.3, -0.25) is 14.4 Å². The largest absolute Gasteiger partial charge is 0.464 e. The molecule has 0 aliphatic carbocycles. The molecule has 7 heteroatoms. The summed E-state index contributed by atoms with van der Waals surface area (Å²) < 4.78 is 11.8. The van der Waals surface area contributed by atoms with Crippen molar-refractivity contribution in [3.05, 3.63) is 11.6 Å². The van der Waals surface area contributed by atoms with E-state index in [0.29, 0.717) is 31.7 Å². The van der Waals surface area contributed by atoms with Gasteiger partial charge in [0.15, 0.2) is 0 Å². The first-order valence-corrected chi connectivity index (χ1v) is 14.4. The molecular formula is C30H47NO6. The van der Waals surface area contributed by atoms with Crippen molar-refractivity contribution in [3.8, 4) is 0 Å². The van der Waals surface area contributed by atoms with Crippen LogP contribution in [0.15, 0.2) is 11.6 Å². The molecule has 0 radical (unpaired) electrons. The van der Waals surface area contributed by atoms with Gasteiger partial charge in [0.2, 0.25) is 5.78 Å². The number of hydrogen-bond acceptors (Lipinski definition) is 6. The van der Waals surface area contributed by atoms with Gasteiger partial charge in [-0.2, -0.15) is 0 Å². The molecule has 2 saturated heterocycles. The van der Waals surface area contributed by atoms with Crippen LogP contribution in [0.2, 0.25) is 0 Å². The molecule has 3 rings (SSSR count). The molecule has 2 bridgehead atoms. The van der Waals surface area contributed by atoms with Gasteiger partial charge in [-0.15, -0.1) is 0 Å². The average molecular weight is 518 g/mol. The summed E-state index contributed by atoms with van der Waals surface area (Å²) in [5.74, 6) is -1.11. The fraction of sp³-hybridized carbons (Fsp3) is 0.800. The average Bonchev–Trinajstić information content (AvgIpc) is 2.88. The summed E-state index contributed by atoms with van der Waals surface area (Å²) in [6.07, 6.45) is 8.85. The number of ether oxygens (including phenoxy) is 2. The maximum atomic E-state index is 13.4. The first kappa shape index (κ1) is 29.5. The number of amides is 1. The number of piperidine rings is 1. The third kappa shape index (κ3) is 8.23. The van der Waals surface area contributed by atoms with Crippen LogP contribution in [-0.4, -0.2) is 59.7 Å². The van der Waals surface area contributed by atoms with Crippen molar-refractivity contribution < 1.29 is 28.7 Å². The van der Waals surface area contributed by atoms with Crippen LogP contribution in [0.5, 0.6) is 0 Å². The molecule has 3 heterocycles. The van der Waals surface area contributed by atoms with E-state index in [0.717, 1.165) is 44.9 Å². The third-order valence-corrected chi connectivity index (χ3v) is 8.39. The lowest BCUT2D eigenvalue weighted by Gasteiger charge is -2.37. The molecule has 7 atom stereocenters. The lowest BCUT2D eigenvalue weighted by molar-refractivity contribution is -0.166. The second-order valence-corrected chi connectivity index (χ2v) is 12.0. The van der Waals surface area contributed by atoms with Crippen LogP contribution in [-0.2, 0) is 28.7 Å². The topological polar surface area (TPSA) is 90.0 Å². The number of Topliss-reactive ketones (excluding diaryl/α,β-unsaturated/α-hetero) is 2. The molecule has 7 unspecified atom stereocenters. The van der Waals surface area contributed by atoms with Gasteiger partial charge in [-0.25, -0.2) is 4.79 Å². The minimum atomic E-state index is -0.761. The smallest absolute Gasteiger partial charge is 0.328 e. The van der Waals surface area contributed by atoms with Crippen molar-refractivity contribution in [3.63, 3.8) is 0 Å². The summed E-state index contributed by atoms with van der Waals surface area (Å²) in [5, 5.41) is 0.